The molecule has 4 nitrogen and oxygen atoms in total. The third-order valence-electron chi connectivity index (χ3n) is 4.26. The SMILES string of the molecule is COc1cc(C(C)=O)cc(-c2cc(C(C)=O)cc(OC)c2C)c1C. The van der Waals surface area contributed by atoms with Crippen molar-refractivity contribution >= 4 is 11.6 Å². The fourth-order valence-corrected chi connectivity index (χ4v) is 2.77. The molecule has 0 aliphatic carbocycles. The molecule has 0 aromatic heterocycles. The lowest BCUT2D eigenvalue weighted by Gasteiger charge is -2.17. The van der Waals surface area contributed by atoms with Gasteiger partial charge in [-0.2, -0.15) is 0 Å². The van der Waals surface area contributed by atoms with E-state index in [9.17, 15) is 9.59 Å². The molecular formula is C20H22O4. The molecule has 0 saturated carbocycles. The highest BCUT2D eigenvalue weighted by molar-refractivity contribution is 5.98. The Morgan fingerprint density at radius 3 is 1.29 bits per heavy atom. The second-order valence-electron chi connectivity index (χ2n) is 5.81. The maximum absolute atomic E-state index is 11.9. The van der Waals surface area contributed by atoms with Crippen LogP contribution in [0.2, 0.25) is 0 Å². The standard InChI is InChI=1S/C20H22O4/c1-11-17(7-15(13(3)21)9-19(11)23-5)18-8-16(14(4)22)10-20(24-6)12(18)2/h7-10H,1-6H3. The van der Waals surface area contributed by atoms with Crippen molar-refractivity contribution in [3.05, 3.63) is 46.5 Å². The number of ketones is 2. The fourth-order valence-electron chi connectivity index (χ4n) is 2.77. The maximum atomic E-state index is 11.9. The maximum Gasteiger partial charge on any atom is 0.159 e. The van der Waals surface area contributed by atoms with Gasteiger partial charge >= 0.3 is 0 Å². The number of carbonyl (C=O) groups excluding carboxylic acids is 2. The summed E-state index contributed by atoms with van der Waals surface area (Å²) in [5.74, 6) is 1.21. The van der Waals surface area contributed by atoms with Crippen LogP contribution in [0.4, 0.5) is 0 Å². The predicted octanol–water partition coefficient (Wildman–Crippen LogP) is 4.39. The van der Waals surface area contributed by atoms with Crippen LogP contribution in [0.1, 0.15) is 45.7 Å². The number of methoxy groups -OCH3 is 2. The summed E-state index contributed by atoms with van der Waals surface area (Å²) in [6.45, 7) is 6.91. The molecule has 0 aliphatic rings. The van der Waals surface area contributed by atoms with Gasteiger partial charge in [0.1, 0.15) is 11.5 Å². The van der Waals surface area contributed by atoms with E-state index in [2.05, 4.69) is 0 Å². The van der Waals surface area contributed by atoms with Gasteiger partial charge in [0.2, 0.25) is 0 Å². The van der Waals surface area contributed by atoms with Crippen LogP contribution in [-0.2, 0) is 0 Å². The molecule has 4 heteroatoms. The molecule has 0 atom stereocenters. The Morgan fingerprint density at radius 1 is 0.708 bits per heavy atom. The van der Waals surface area contributed by atoms with Crippen LogP contribution in [-0.4, -0.2) is 25.8 Å². The lowest BCUT2D eigenvalue weighted by Crippen LogP contribution is -2.02. The molecule has 24 heavy (non-hydrogen) atoms. The van der Waals surface area contributed by atoms with E-state index < -0.39 is 0 Å². The van der Waals surface area contributed by atoms with Crippen LogP contribution in [0.15, 0.2) is 24.3 Å². The lowest BCUT2D eigenvalue weighted by atomic mass is 9.91. The highest BCUT2D eigenvalue weighted by Gasteiger charge is 2.17. The summed E-state index contributed by atoms with van der Waals surface area (Å²) in [6.07, 6.45) is 0. The van der Waals surface area contributed by atoms with Crippen LogP contribution in [0.25, 0.3) is 11.1 Å². The summed E-state index contributed by atoms with van der Waals surface area (Å²) < 4.78 is 10.8. The van der Waals surface area contributed by atoms with Crippen molar-refractivity contribution in [3.8, 4) is 22.6 Å². The normalized spacial score (nSPS) is 10.4. The van der Waals surface area contributed by atoms with Crippen molar-refractivity contribution in [1.82, 2.24) is 0 Å². The highest BCUT2D eigenvalue weighted by atomic mass is 16.5. The average Bonchev–Trinajstić information content (AvgIpc) is 2.55. The van der Waals surface area contributed by atoms with E-state index in [1.807, 2.05) is 26.0 Å². The Bertz CT molecular complexity index is 749. The Kier molecular flexibility index (Phi) is 5.07. The molecule has 0 amide bonds. The van der Waals surface area contributed by atoms with Crippen molar-refractivity contribution in [1.29, 1.82) is 0 Å². The van der Waals surface area contributed by atoms with Crippen LogP contribution in [0, 0.1) is 13.8 Å². The van der Waals surface area contributed by atoms with Gasteiger partial charge in [0.15, 0.2) is 11.6 Å². The minimum Gasteiger partial charge on any atom is -0.496 e. The van der Waals surface area contributed by atoms with Crippen molar-refractivity contribution in [3.63, 3.8) is 0 Å². The molecule has 0 saturated heterocycles. The first kappa shape index (κ1) is 17.7. The number of hydrogen-bond acceptors (Lipinski definition) is 4. The summed E-state index contributed by atoms with van der Waals surface area (Å²) in [5.41, 5.74) is 4.68. The molecule has 126 valence electrons. The number of carbonyl (C=O) groups is 2. The molecule has 2 rings (SSSR count). The highest BCUT2D eigenvalue weighted by Crippen LogP contribution is 2.37. The molecule has 2 aromatic carbocycles. The zero-order chi connectivity index (χ0) is 18.0. The third-order valence-corrected chi connectivity index (χ3v) is 4.26. The smallest absolute Gasteiger partial charge is 0.159 e. The number of benzene rings is 2. The van der Waals surface area contributed by atoms with Gasteiger partial charge in [0, 0.05) is 11.1 Å². The first-order valence-corrected chi connectivity index (χ1v) is 7.69. The average molecular weight is 326 g/mol. The largest absolute Gasteiger partial charge is 0.496 e. The van der Waals surface area contributed by atoms with Gasteiger partial charge in [-0.1, -0.05) is 0 Å². The molecule has 0 N–H and O–H groups in total. The van der Waals surface area contributed by atoms with Crippen molar-refractivity contribution in [2.24, 2.45) is 0 Å². The van der Waals surface area contributed by atoms with Crippen LogP contribution in [0.3, 0.4) is 0 Å². The van der Waals surface area contributed by atoms with Gasteiger partial charge in [0.05, 0.1) is 14.2 Å². The Morgan fingerprint density at radius 2 is 1.04 bits per heavy atom. The molecule has 0 unspecified atom stereocenters. The molecule has 0 aliphatic heterocycles. The molecule has 0 bridgehead atoms. The minimum absolute atomic E-state index is 0.0399. The number of Topliss-reactive ketones (excluding diaryl/α,β-unsaturated/α-hetero) is 2. The fraction of sp³-hybridized carbons (Fsp3) is 0.300. The first-order chi connectivity index (χ1) is 11.3. The third kappa shape index (κ3) is 3.18. The molecular weight excluding hydrogens is 304 g/mol. The summed E-state index contributed by atoms with van der Waals surface area (Å²) in [4.78, 5) is 23.7. The van der Waals surface area contributed by atoms with E-state index in [1.54, 1.807) is 26.4 Å². The number of rotatable bonds is 5. The van der Waals surface area contributed by atoms with Gasteiger partial charge in [-0.15, -0.1) is 0 Å². The summed E-state index contributed by atoms with van der Waals surface area (Å²) in [6, 6.07) is 7.16. The predicted molar refractivity (Wildman–Crippen MR) is 94.5 cm³/mol. The van der Waals surface area contributed by atoms with Crippen molar-refractivity contribution in [2.45, 2.75) is 27.7 Å². The zero-order valence-electron chi connectivity index (χ0n) is 14.9. The molecule has 0 heterocycles. The van der Waals surface area contributed by atoms with Crippen molar-refractivity contribution < 1.29 is 19.1 Å². The van der Waals surface area contributed by atoms with E-state index in [-0.39, 0.29) is 11.6 Å². The van der Waals surface area contributed by atoms with E-state index >= 15 is 0 Å². The Balaban J connectivity index is 2.84. The zero-order valence-corrected chi connectivity index (χ0v) is 14.9. The second kappa shape index (κ2) is 6.87. The molecule has 0 fully saturated rings. The molecule has 0 spiro atoms. The monoisotopic (exact) mass is 326 g/mol. The number of hydrogen-bond donors (Lipinski definition) is 0. The van der Waals surface area contributed by atoms with Crippen LogP contribution >= 0.6 is 0 Å². The van der Waals surface area contributed by atoms with Crippen LogP contribution in [0.5, 0.6) is 11.5 Å². The number of ether oxygens (including phenoxy) is 2. The van der Waals surface area contributed by atoms with E-state index in [4.69, 9.17) is 9.47 Å². The van der Waals surface area contributed by atoms with Gasteiger partial charge in [0.25, 0.3) is 0 Å². The van der Waals surface area contributed by atoms with Gasteiger partial charge < -0.3 is 9.47 Å². The lowest BCUT2D eigenvalue weighted by molar-refractivity contribution is 0.100. The van der Waals surface area contributed by atoms with Crippen molar-refractivity contribution in [2.75, 3.05) is 14.2 Å². The van der Waals surface area contributed by atoms with E-state index in [0.29, 0.717) is 22.6 Å². The van der Waals surface area contributed by atoms with E-state index in [0.717, 1.165) is 22.3 Å². The molecule has 2 aromatic rings. The molecule has 0 radical (unpaired) electrons. The summed E-state index contributed by atoms with van der Waals surface area (Å²) >= 11 is 0. The summed E-state index contributed by atoms with van der Waals surface area (Å²) in [7, 11) is 3.16. The first-order valence-electron chi connectivity index (χ1n) is 7.69. The quantitative estimate of drug-likeness (QED) is 0.765. The Hall–Kier alpha value is -2.62. The Labute approximate surface area is 142 Å². The van der Waals surface area contributed by atoms with E-state index in [1.165, 1.54) is 13.8 Å². The second-order valence-corrected chi connectivity index (χ2v) is 5.81. The topological polar surface area (TPSA) is 52.6 Å². The summed E-state index contributed by atoms with van der Waals surface area (Å²) in [5, 5.41) is 0. The van der Waals surface area contributed by atoms with Gasteiger partial charge in [-0.3, -0.25) is 9.59 Å². The van der Waals surface area contributed by atoms with Gasteiger partial charge in [-0.25, -0.2) is 0 Å². The minimum atomic E-state index is -0.0399. The van der Waals surface area contributed by atoms with Gasteiger partial charge in [-0.05, 0) is 74.2 Å². The van der Waals surface area contributed by atoms with Crippen LogP contribution < -0.4 is 9.47 Å².